The van der Waals surface area contributed by atoms with Gasteiger partial charge in [0.1, 0.15) is 11.3 Å². The van der Waals surface area contributed by atoms with Gasteiger partial charge in [0.15, 0.2) is 0 Å². The summed E-state index contributed by atoms with van der Waals surface area (Å²) in [7, 11) is 1.62. The summed E-state index contributed by atoms with van der Waals surface area (Å²) >= 11 is 0. The first-order chi connectivity index (χ1) is 13.1. The fourth-order valence-electron chi connectivity index (χ4n) is 4.10. The monoisotopic (exact) mass is 406 g/mol. The lowest BCUT2D eigenvalue weighted by atomic mass is 9.90. The molecule has 0 unspecified atom stereocenters. The predicted molar refractivity (Wildman–Crippen MR) is 110 cm³/mol. The van der Waals surface area contributed by atoms with Crippen molar-refractivity contribution < 1.29 is 14.3 Å². The van der Waals surface area contributed by atoms with E-state index in [1.165, 1.54) is 0 Å². The Labute approximate surface area is 170 Å². The largest absolute Gasteiger partial charge is 0.368 e. The summed E-state index contributed by atoms with van der Waals surface area (Å²) in [4.78, 5) is 32.7. The number of halogens is 1. The number of carbonyl (C=O) groups excluding carboxylic acids is 2. The van der Waals surface area contributed by atoms with Gasteiger partial charge in [0, 0.05) is 44.2 Å². The number of H-pyrrole nitrogens is 1. The van der Waals surface area contributed by atoms with E-state index < -0.39 is 5.60 Å². The molecule has 1 aromatic carbocycles. The number of hydrogen-bond acceptors (Lipinski definition) is 4. The molecule has 2 amide bonds. The van der Waals surface area contributed by atoms with Crippen LogP contribution < -0.4 is 5.32 Å². The summed E-state index contributed by atoms with van der Waals surface area (Å²) in [6.45, 7) is 3.75. The smallest absolute Gasteiger partial charge is 0.270 e. The third-order valence-corrected chi connectivity index (χ3v) is 5.81. The lowest BCUT2D eigenvalue weighted by molar-refractivity contribution is -0.159. The summed E-state index contributed by atoms with van der Waals surface area (Å²) in [5.41, 5.74) is 0.847. The van der Waals surface area contributed by atoms with Gasteiger partial charge in [-0.05, 0) is 38.1 Å². The minimum Gasteiger partial charge on any atom is -0.368 e. The molecule has 8 heteroatoms. The van der Waals surface area contributed by atoms with Gasteiger partial charge in [-0.25, -0.2) is 0 Å². The van der Waals surface area contributed by atoms with Crippen LogP contribution in [-0.2, 0) is 9.53 Å². The summed E-state index contributed by atoms with van der Waals surface area (Å²) < 4.78 is 5.65. The summed E-state index contributed by atoms with van der Waals surface area (Å²) in [6, 6.07) is 9.75. The number of fused-ring (bicyclic) bond motifs is 1. The Morgan fingerprint density at radius 2 is 1.68 bits per heavy atom. The van der Waals surface area contributed by atoms with E-state index in [4.69, 9.17) is 4.74 Å². The van der Waals surface area contributed by atoms with E-state index in [-0.39, 0.29) is 24.2 Å². The molecule has 2 aliphatic heterocycles. The first-order valence-corrected chi connectivity index (χ1v) is 9.55. The van der Waals surface area contributed by atoms with Crippen molar-refractivity contribution in [1.29, 1.82) is 0 Å². The highest BCUT2D eigenvalue weighted by Crippen LogP contribution is 2.26. The maximum Gasteiger partial charge on any atom is 0.270 e. The van der Waals surface area contributed by atoms with Crippen LogP contribution in [0.1, 0.15) is 23.3 Å². The molecule has 4 rings (SSSR count). The number of piperazine rings is 1. The van der Waals surface area contributed by atoms with Gasteiger partial charge < -0.3 is 24.8 Å². The molecule has 0 spiro atoms. The number of para-hydroxylation sites is 1. The van der Waals surface area contributed by atoms with Crippen LogP contribution in [0.15, 0.2) is 30.3 Å². The second-order valence-electron chi connectivity index (χ2n) is 7.30. The van der Waals surface area contributed by atoms with Crippen molar-refractivity contribution in [2.45, 2.75) is 18.4 Å². The van der Waals surface area contributed by atoms with Crippen LogP contribution in [0.4, 0.5) is 0 Å². The van der Waals surface area contributed by atoms with Crippen molar-refractivity contribution >= 4 is 35.1 Å². The molecule has 0 bridgehead atoms. The zero-order valence-electron chi connectivity index (χ0n) is 16.1. The van der Waals surface area contributed by atoms with E-state index in [0.29, 0.717) is 44.7 Å². The van der Waals surface area contributed by atoms with Gasteiger partial charge in [0.2, 0.25) is 0 Å². The van der Waals surface area contributed by atoms with E-state index in [9.17, 15) is 9.59 Å². The Bertz CT molecular complexity index is 806. The molecule has 2 N–H and O–H groups in total. The van der Waals surface area contributed by atoms with Gasteiger partial charge >= 0.3 is 0 Å². The number of nitrogens with zero attached hydrogens (tertiary/aromatic N) is 2. The van der Waals surface area contributed by atoms with Gasteiger partial charge in [-0.2, -0.15) is 0 Å². The molecule has 0 atom stereocenters. The van der Waals surface area contributed by atoms with Gasteiger partial charge in [-0.1, -0.05) is 18.2 Å². The maximum absolute atomic E-state index is 13.0. The number of ether oxygens (including phenoxy) is 1. The molecule has 1 aromatic heterocycles. The number of aromatic amines is 1. The lowest BCUT2D eigenvalue weighted by Gasteiger charge is -2.42. The summed E-state index contributed by atoms with van der Waals surface area (Å²) in [6.07, 6.45) is 1.38. The van der Waals surface area contributed by atoms with Crippen LogP contribution in [0.25, 0.3) is 10.9 Å². The Morgan fingerprint density at radius 1 is 1.04 bits per heavy atom. The Morgan fingerprint density at radius 3 is 2.32 bits per heavy atom. The average molecular weight is 407 g/mol. The zero-order valence-corrected chi connectivity index (χ0v) is 16.9. The van der Waals surface area contributed by atoms with Crippen LogP contribution in [-0.4, -0.2) is 78.6 Å². The van der Waals surface area contributed by atoms with E-state index in [2.05, 4.69) is 10.3 Å². The van der Waals surface area contributed by atoms with Crippen LogP contribution in [0, 0.1) is 0 Å². The highest BCUT2D eigenvalue weighted by Gasteiger charge is 2.43. The zero-order chi connectivity index (χ0) is 18.9. The number of hydrogen-bond donors (Lipinski definition) is 2. The number of benzene rings is 1. The normalized spacial score (nSPS) is 19.3. The lowest BCUT2D eigenvalue weighted by Crippen LogP contribution is -2.59. The molecule has 2 aliphatic rings. The van der Waals surface area contributed by atoms with Gasteiger partial charge in [-0.3, -0.25) is 9.59 Å². The van der Waals surface area contributed by atoms with Crippen molar-refractivity contribution in [3.8, 4) is 0 Å². The molecule has 7 nitrogen and oxygen atoms in total. The molecule has 0 aliphatic carbocycles. The van der Waals surface area contributed by atoms with E-state index in [1.807, 2.05) is 40.1 Å². The van der Waals surface area contributed by atoms with E-state index >= 15 is 0 Å². The second kappa shape index (κ2) is 8.51. The number of aromatic nitrogens is 1. The third-order valence-electron chi connectivity index (χ3n) is 5.81. The molecule has 2 saturated heterocycles. The quantitative estimate of drug-likeness (QED) is 0.812. The van der Waals surface area contributed by atoms with Crippen LogP contribution in [0.3, 0.4) is 0 Å². The van der Waals surface area contributed by atoms with E-state index in [0.717, 1.165) is 24.0 Å². The Hall–Kier alpha value is -2.09. The summed E-state index contributed by atoms with van der Waals surface area (Å²) in [5.74, 6) is 0.0471. The number of methoxy groups -OCH3 is 1. The molecule has 0 saturated carbocycles. The van der Waals surface area contributed by atoms with Gasteiger partial charge in [0.25, 0.3) is 11.8 Å². The highest BCUT2D eigenvalue weighted by molar-refractivity contribution is 5.98. The van der Waals surface area contributed by atoms with Gasteiger partial charge in [0.05, 0.1) is 0 Å². The highest BCUT2D eigenvalue weighted by atomic mass is 35.5. The molecule has 28 heavy (non-hydrogen) atoms. The maximum atomic E-state index is 13.0. The molecular weight excluding hydrogens is 380 g/mol. The Kier molecular flexibility index (Phi) is 6.27. The van der Waals surface area contributed by atoms with Crippen molar-refractivity contribution in [2.24, 2.45) is 0 Å². The molecule has 0 radical (unpaired) electrons. The second-order valence-corrected chi connectivity index (χ2v) is 7.30. The average Bonchev–Trinajstić information content (AvgIpc) is 3.17. The van der Waals surface area contributed by atoms with Crippen molar-refractivity contribution in [2.75, 3.05) is 46.4 Å². The van der Waals surface area contributed by atoms with Gasteiger partial charge in [-0.15, -0.1) is 12.4 Å². The molecule has 2 fully saturated rings. The number of amides is 2. The van der Waals surface area contributed by atoms with E-state index in [1.54, 1.807) is 7.11 Å². The van der Waals surface area contributed by atoms with Crippen molar-refractivity contribution in [3.05, 3.63) is 36.0 Å². The van der Waals surface area contributed by atoms with Crippen LogP contribution in [0.5, 0.6) is 0 Å². The minimum atomic E-state index is -0.714. The fraction of sp³-hybridized carbons (Fsp3) is 0.500. The van der Waals surface area contributed by atoms with Crippen molar-refractivity contribution in [3.63, 3.8) is 0 Å². The third kappa shape index (κ3) is 3.74. The number of rotatable bonds is 3. The topological polar surface area (TPSA) is 77.7 Å². The molecular formula is C20H27ClN4O3. The summed E-state index contributed by atoms with van der Waals surface area (Å²) in [5, 5.41) is 4.31. The first-order valence-electron chi connectivity index (χ1n) is 9.55. The SMILES string of the molecule is COC1(C(=O)N2CCN(C(=O)c3cc4ccccc4[nH]3)CC2)CCNCC1.Cl. The predicted octanol–water partition coefficient (Wildman–Crippen LogP) is 1.64. The standard InChI is InChI=1S/C20H26N4O3.ClH/c1-27-20(6-8-21-9-7-20)19(26)24-12-10-23(11-13-24)18(25)17-14-15-4-2-3-5-16(15)22-17;/h2-5,14,21-22H,6-13H2,1H3;1H. The van der Waals surface area contributed by atoms with Crippen LogP contribution in [0.2, 0.25) is 0 Å². The molecule has 152 valence electrons. The number of piperidine rings is 1. The number of carbonyl (C=O) groups is 2. The molecule has 2 aromatic rings. The van der Waals surface area contributed by atoms with Crippen LogP contribution >= 0.6 is 12.4 Å². The molecule has 3 heterocycles. The number of nitrogens with one attached hydrogen (secondary N) is 2. The minimum absolute atomic E-state index is 0. The first kappa shape index (κ1) is 20.6. The Balaban J connectivity index is 0.00000225. The van der Waals surface area contributed by atoms with Crippen molar-refractivity contribution in [1.82, 2.24) is 20.1 Å². The fourth-order valence-corrected chi connectivity index (χ4v) is 4.10.